The molecule has 3 rings (SSSR count). The second-order valence-electron chi connectivity index (χ2n) is 7.11. The molecule has 2 fully saturated rings. The third-order valence-electron chi connectivity index (χ3n) is 4.83. The van der Waals surface area contributed by atoms with Crippen molar-refractivity contribution < 1.29 is 14.3 Å². The number of hydrogen-bond acceptors (Lipinski definition) is 4. The first-order valence-corrected chi connectivity index (χ1v) is 8.43. The highest BCUT2D eigenvalue weighted by Gasteiger charge is 2.49. The molecule has 0 radical (unpaired) electrons. The lowest BCUT2D eigenvalue weighted by Gasteiger charge is -2.53. The number of hydrogen-bond donors (Lipinski definition) is 0. The molecular weight excluding hydrogens is 292 g/mol. The van der Waals surface area contributed by atoms with E-state index in [2.05, 4.69) is 11.9 Å². The maximum Gasteiger partial charge on any atom is 0.225 e. The molecule has 1 amide bonds. The van der Waals surface area contributed by atoms with Gasteiger partial charge in [0.25, 0.3) is 0 Å². The monoisotopic (exact) mass is 318 g/mol. The van der Waals surface area contributed by atoms with E-state index < -0.39 is 0 Å². The van der Waals surface area contributed by atoms with Crippen molar-refractivity contribution in [2.75, 3.05) is 19.7 Å². The predicted molar refractivity (Wildman–Crippen MR) is 86.9 cm³/mol. The normalized spacial score (nSPS) is 23.1. The quantitative estimate of drug-likeness (QED) is 0.855. The molecule has 1 atom stereocenters. The first kappa shape index (κ1) is 16.4. The van der Waals surface area contributed by atoms with Gasteiger partial charge in [-0.25, -0.2) is 0 Å². The molecule has 126 valence electrons. The Morgan fingerprint density at radius 2 is 2.30 bits per heavy atom. The number of aryl methyl sites for hydroxylation is 1. The van der Waals surface area contributed by atoms with Gasteiger partial charge in [0, 0.05) is 31.3 Å². The van der Waals surface area contributed by atoms with Crippen LogP contribution in [0, 0.1) is 12.8 Å². The van der Waals surface area contributed by atoms with E-state index in [0.717, 1.165) is 18.4 Å². The minimum Gasteiger partial charge on any atom is -0.373 e. The van der Waals surface area contributed by atoms with Crippen molar-refractivity contribution in [2.24, 2.45) is 5.92 Å². The minimum absolute atomic E-state index is 0.0524. The second kappa shape index (κ2) is 6.57. The molecular formula is C18H26N2O3. The van der Waals surface area contributed by atoms with Gasteiger partial charge < -0.3 is 14.4 Å². The lowest BCUT2D eigenvalue weighted by Crippen LogP contribution is -2.67. The van der Waals surface area contributed by atoms with Crippen LogP contribution in [-0.2, 0) is 20.9 Å². The first-order valence-electron chi connectivity index (χ1n) is 8.43. The summed E-state index contributed by atoms with van der Waals surface area (Å²) in [4.78, 5) is 18.1. The van der Waals surface area contributed by atoms with E-state index in [-0.39, 0.29) is 23.5 Å². The van der Waals surface area contributed by atoms with Crippen molar-refractivity contribution in [2.45, 2.75) is 51.9 Å². The topological polar surface area (TPSA) is 51.7 Å². The average Bonchev–Trinajstić information content (AvgIpc) is 2.51. The molecule has 1 unspecified atom stereocenters. The zero-order chi connectivity index (χ0) is 16.4. The number of nitrogens with zero attached hydrogens (tertiary/aromatic N) is 2. The lowest BCUT2D eigenvalue weighted by molar-refractivity contribution is -0.204. The number of carbonyl (C=O) groups is 1. The molecule has 0 N–H and O–H groups in total. The van der Waals surface area contributed by atoms with E-state index in [1.807, 2.05) is 31.0 Å². The maximum atomic E-state index is 12.0. The number of likely N-dealkylation sites (tertiary alicyclic amines) is 1. The molecule has 1 spiro atoms. The molecule has 5 nitrogen and oxygen atoms in total. The number of carbonyl (C=O) groups excluding carboxylic acids is 1. The fourth-order valence-electron chi connectivity index (χ4n) is 3.37. The summed E-state index contributed by atoms with van der Waals surface area (Å²) < 4.78 is 12.1. The first-order chi connectivity index (χ1) is 11.0. The molecule has 2 aliphatic heterocycles. The summed E-state index contributed by atoms with van der Waals surface area (Å²) in [6.45, 7) is 8.67. The number of amides is 1. The molecule has 3 heterocycles. The highest BCUT2D eigenvalue weighted by molar-refractivity contribution is 5.79. The largest absolute Gasteiger partial charge is 0.373 e. The second-order valence-corrected chi connectivity index (χ2v) is 7.11. The van der Waals surface area contributed by atoms with Crippen molar-refractivity contribution in [1.82, 2.24) is 9.88 Å². The Labute approximate surface area is 138 Å². The van der Waals surface area contributed by atoms with E-state index >= 15 is 0 Å². The smallest absolute Gasteiger partial charge is 0.225 e. The third-order valence-corrected chi connectivity index (χ3v) is 4.83. The third kappa shape index (κ3) is 3.56. The summed E-state index contributed by atoms with van der Waals surface area (Å²) in [5.41, 5.74) is 2.16. The van der Waals surface area contributed by atoms with E-state index in [1.165, 1.54) is 5.56 Å². The van der Waals surface area contributed by atoms with Crippen LogP contribution in [0.1, 0.15) is 37.8 Å². The summed E-state index contributed by atoms with van der Waals surface area (Å²) in [6, 6.07) is 2.01. The molecule has 0 bridgehead atoms. The Hall–Kier alpha value is -1.46. The van der Waals surface area contributed by atoms with Crippen LogP contribution in [0.5, 0.6) is 0 Å². The predicted octanol–water partition coefficient (Wildman–Crippen LogP) is 2.32. The lowest BCUT2D eigenvalue weighted by atomic mass is 9.84. The zero-order valence-electron chi connectivity index (χ0n) is 14.2. The fourth-order valence-corrected chi connectivity index (χ4v) is 3.37. The minimum atomic E-state index is -0.183. The van der Waals surface area contributed by atoms with Crippen LogP contribution in [-0.4, -0.2) is 47.2 Å². The van der Waals surface area contributed by atoms with Crippen LogP contribution in [0.2, 0.25) is 0 Å². The number of pyridine rings is 1. The van der Waals surface area contributed by atoms with E-state index in [9.17, 15) is 4.79 Å². The average molecular weight is 318 g/mol. The molecule has 5 heteroatoms. The zero-order valence-corrected chi connectivity index (χ0v) is 14.2. The van der Waals surface area contributed by atoms with Crippen LogP contribution >= 0.6 is 0 Å². The van der Waals surface area contributed by atoms with E-state index in [0.29, 0.717) is 26.3 Å². The van der Waals surface area contributed by atoms with Gasteiger partial charge >= 0.3 is 0 Å². The van der Waals surface area contributed by atoms with Gasteiger partial charge in [-0.2, -0.15) is 0 Å². The summed E-state index contributed by atoms with van der Waals surface area (Å²) in [6.07, 6.45) is 5.65. The van der Waals surface area contributed by atoms with Gasteiger partial charge in [-0.3, -0.25) is 9.78 Å². The Kier molecular flexibility index (Phi) is 4.69. The van der Waals surface area contributed by atoms with E-state index in [4.69, 9.17) is 9.47 Å². The number of ether oxygens (including phenoxy) is 2. The molecule has 2 aliphatic rings. The Morgan fingerprint density at radius 1 is 1.52 bits per heavy atom. The number of rotatable bonds is 4. The Balaban J connectivity index is 1.52. The van der Waals surface area contributed by atoms with Gasteiger partial charge in [-0.1, -0.05) is 13.8 Å². The van der Waals surface area contributed by atoms with Gasteiger partial charge in [0.2, 0.25) is 5.91 Å². The van der Waals surface area contributed by atoms with Gasteiger partial charge in [-0.05, 0) is 30.5 Å². The molecule has 0 aromatic carbocycles. The van der Waals surface area contributed by atoms with Crippen LogP contribution < -0.4 is 0 Å². The highest BCUT2D eigenvalue weighted by Crippen LogP contribution is 2.36. The standard InChI is InChI=1S/C18H26N2O3/c1-13(2)17(21)20-11-18(12-20)8-16(5-7-23-18)22-10-15-9-19-6-4-14(15)3/h4,6,9,13,16H,5,7-8,10-12H2,1-3H3. The SMILES string of the molecule is Cc1ccncc1COC1CCOC2(C1)CN(C(=O)C(C)C)C2. The molecule has 0 aliphatic carbocycles. The molecule has 1 aromatic rings. The van der Waals surface area contributed by atoms with Crippen molar-refractivity contribution in [3.63, 3.8) is 0 Å². The van der Waals surface area contributed by atoms with Crippen molar-refractivity contribution >= 4 is 5.91 Å². The summed E-state index contributed by atoms with van der Waals surface area (Å²) in [5, 5.41) is 0. The van der Waals surface area contributed by atoms with Gasteiger partial charge in [0.05, 0.1) is 25.8 Å². The highest BCUT2D eigenvalue weighted by atomic mass is 16.5. The molecule has 23 heavy (non-hydrogen) atoms. The maximum absolute atomic E-state index is 12.0. The molecule has 1 aromatic heterocycles. The van der Waals surface area contributed by atoms with Crippen LogP contribution in [0.3, 0.4) is 0 Å². The van der Waals surface area contributed by atoms with Crippen LogP contribution in [0.25, 0.3) is 0 Å². The van der Waals surface area contributed by atoms with Gasteiger partial charge in [-0.15, -0.1) is 0 Å². The van der Waals surface area contributed by atoms with Gasteiger partial charge in [0.15, 0.2) is 0 Å². The Morgan fingerprint density at radius 3 is 3.00 bits per heavy atom. The van der Waals surface area contributed by atoms with Gasteiger partial charge in [0.1, 0.15) is 5.60 Å². The number of aromatic nitrogens is 1. The molecule has 0 saturated carbocycles. The van der Waals surface area contributed by atoms with Crippen LogP contribution in [0.15, 0.2) is 18.5 Å². The van der Waals surface area contributed by atoms with Crippen molar-refractivity contribution in [3.05, 3.63) is 29.6 Å². The summed E-state index contributed by atoms with van der Waals surface area (Å²) in [5.74, 6) is 0.268. The summed E-state index contributed by atoms with van der Waals surface area (Å²) in [7, 11) is 0. The van der Waals surface area contributed by atoms with Crippen molar-refractivity contribution in [1.29, 1.82) is 0 Å². The van der Waals surface area contributed by atoms with Crippen molar-refractivity contribution in [3.8, 4) is 0 Å². The summed E-state index contributed by atoms with van der Waals surface area (Å²) >= 11 is 0. The van der Waals surface area contributed by atoms with Crippen LogP contribution in [0.4, 0.5) is 0 Å². The fraction of sp³-hybridized carbons (Fsp3) is 0.667. The Bertz CT molecular complexity index is 567. The molecule has 2 saturated heterocycles. The van der Waals surface area contributed by atoms with E-state index in [1.54, 1.807) is 6.20 Å².